The average Bonchev–Trinajstić information content (AvgIpc) is 2.44. The lowest BCUT2D eigenvalue weighted by molar-refractivity contribution is 0.383. The highest BCUT2D eigenvalue weighted by Crippen LogP contribution is 2.32. The van der Waals surface area contributed by atoms with Gasteiger partial charge in [0.2, 0.25) is 5.88 Å². The molecule has 0 aliphatic heterocycles. The van der Waals surface area contributed by atoms with Crippen molar-refractivity contribution in [3.8, 4) is 5.88 Å². The number of methoxy groups -OCH3 is 1. The Bertz CT molecular complexity index is 579. The van der Waals surface area contributed by atoms with E-state index in [1.165, 1.54) is 0 Å². The molecule has 19 heavy (non-hydrogen) atoms. The second-order valence-corrected chi connectivity index (χ2v) is 5.49. The Labute approximate surface area is 127 Å². The highest BCUT2D eigenvalue weighted by Gasteiger charge is 2.21. The van der Waals surface area contributed by atoms with Gasteiger partial charge in [-0.2, -0.15) is 0 Å². The smallest absolute Gasteiger partial charge is 0.237 e. The van der Waals surface area contributed by atoms with Crippen LogP contribution in [-0.4, -0.2) is 17.1 Å². The van der Waals surface area contributed by atoms with E-state index in [2.05, 4.69) is 47.3 Å². The Morgan fingerprint density at radius 2 is 2.00 bits per heavy atom. The zero-order chi connectivity index (χ0) is 13.8. The molecule has 0 spiro atoms. The van der Waals surface area contributed by atoms with E-state index in [-0.39, 0.29) is 6.04 Å². The number of nitrogens with two attached hydrogens (primary N) is 1. The molecule has 5 nitrogen and oxygen atoms in total. The van der Waals surface area contributed by atoms with Crippen molar-refractivity contribution in [2.24, 2.45) is 5.84 Å². The number of benzene rings is 1. The Kier molecular flexibility index (Phi) is 4.87. The molecule has 0 saturated carbocycles. The zero-order valence-corrected chi connectivity index (χ0v) is 13.3. The van der Waals surface area contributed by atoms with Gasteiger partial charge in [-0.05, 0) is 23.8 Å². The van der Waals surface area contributed by atoms with Gasteiger partial charge in [-0.25, -0.2) is 10.4 Å². The maximum absolute atomic E-state index is 5.67. The van der Waals surface area contributed by atoms with E-state index in [1.54, 1.807) is 19.5 Å². The van der Waals surface area contributed by atoms with Gasteiger partial charge in [0.15, 0.2) is 0 Å². The van der Waals surface area contributed by atoms with Crippen LogP contribution in [0.25, 0.3) is 0 Å². The van der Waals surface area contributed by atoms with Crippen molar-refractivity contribution in [1.82, 2.24) is 15.4 Å². The van der Waals surface area contributed by atoms with Crippen molar-refractivity contribution >= 4 is 31.9 Å². The molecule has 0 aliphatic carbocycles. The molecule has 0 fully saturated rings. The van der Waals surface area contributed by atoms with Crippen molar-refractivity contribution in [3.05, 3.63) is 50.8 Å². The molecule has 7 heteroatoms. The standard InChI is InChI=1S/C12H12Br2N4O/c1-19-12-11(16-4-5-17-12)10(18-15)8-6-7(13)2-3-9(8)14/h2-6,10,18H,15H2,1H3. The number of aromatic nitrogens is 2. The number of hydrogen-bond donors (Lipinski definition) is 2. The number of hydrogen-bond acceptors (Lipinski definition) is 5. The fraction of sp³-hybridized carbons (Fsp3) is 0.167. The number of nitrogens with zero attached hydrogens (tertiary/aromatic N) is 2. The number of ether oxygens (including phenoxy) is 1. The van der Waals surface area contributed by atoms with Crippen molar-refractivity contribution in [3.63, 3.8) is 0 Å². The lowest BCUT2D eigenvalue weighted by atomic mass is 10.0. The summed E-state index contributed by atoms with van der Waals surface area (Å²) in [6.07, 6.45) is 3.18. The van der Waals surface area contributed by atoms with E-state index in [1.807, 2.05) is 18.2 Å². The van der Waals surface area contributed by atoms with Gasteiger partial charge in [-0.15, -0.1) is 0 Å². The van der Waals surface area contributed by atoms with Crippen LogP contribution in [0.4, 0.5) is 0 Å². The molecule has 100 valence electrons. The van der Waals surface area contributed by atoms with E-state index >= 15 is 0 Å². The van der Waals surface area contributed by atoms with Crippen LogP contribution in [-0.2, 0) is 0 Å². The third-order valence-electron chi connectivity index (χ3n) is 2.59. The molecule has 1 heterocycles. The first-order chi connectivity index (χ1) is 9.17. The molecular formula is C12H12Br2N4O. The zero-order valence-electron chi connectivity index (χ0n) is 10.1. The maximum atomic E-state index is 5.67. The lowest BCUT2D eigenvalue weighted by Gasteiger charge is -2.19. The molecule has 0 radical (unpaired) electrons. The summed E-state index contributed by atoms with van der Waals surface area (Å²) in [7, 11) is 1.55. The summed E-state index contributed by atoms with van der Waals surface area (Å²) in [6.45, 7) is 0. The SMILES string of the molecule is COc1nccnc1C(NN)c1cc(Br)ccc1Br. The van der Waals surface area contributed by atoms with Crippen LogP contribution in [0.5, 0.6) is 5.88 Å². The minimum absolute atomic E-state index is 0.324. The first-order valence-corrected chi connectivity index (χ1v) is 7.02. The summed E-state index contributed by atoms with van der Waals surface area (Å²) in [5.74, 6) is 6.11. The molecular weight excluding hydrogens is 376 g/mol. The van der Waals surface area contributed by atoms with Crippen LogP contribution in [0.3, 0.4) is 0 Å². The maximum Gasteiger partial charge on any atom is 0.237 e. The Balaban J connectivity index is 2.53. The number of hydrazine groups is 1. The van der Waals surface area contributed by atoms with E-state index in [0.29, 0.717) is 11.6 Å². The van der Waals surface area contributed by atoms with Crippen molar-refractivity contribution in [2.45, 2.75) is 6.04 Å². The number of rotatable bonds is 4. The third kappa shape index (κ3) is 3.11. The predicted octanol–water partition coefficient (Wildman–Crippen LogP) is 2.56. The van der Waals surface area contributed by atoms with Crippen LogP contribution >= 0.6 is 31.9 Å². The summed E-state index contributed by atoms with van der Waals surface area (Å²) < 4.78 is 7.10. The second-order valence-electron chi connectivity index (χ2n) is 3.72. The molecule has 0 bridgehead atoms. The van der Waals surface area contributed by atoms with E-state index in [4.69, 9.17) is 10.6 Å². The molecule has 0 amide bonds. The Hall–Kier alpha value is -1.02. The third-order valence-corrected chi connectivity index (χ3v) is 3.81. The van der Waals surface area contributed by atoms with Gasteiger partial charge < -0.3 is 4.74 Å². The van der Waals surface area contributed by atoms with E-state index in [0.717, 1.165) is 14.5 Å². The van der Waals surface area contributed by atoms with Gasteiger partial charge in [0, 0.05) is 21.3 Å². The predicted molar refractivity (Wildman–Crippen MR) is 79.6 cm³/mol. The summed E-state index contributed by atoms with van der Waals surface area (Å²) in [5.41, 5.74) is 4.32. The molecule has 0 aliphatic rings. The van der Waals surface area contributed by atoms with Gasteiger partial charge >= 0.3 is 0 Å². The van der Waals surface area contributed by atoms with Gasteiger partial charge in [0.25, 0.3) is 0 Å². The highest BCUT2D eigenvalue weighted by molar-refractivity contribution is 9.11. The number of halogens is 2. The van der Waals surface area contributed by atoms with Gasteiger partial charge in [0.1, 0.15) is 5.69 Å². The quantitative estimate of drug-likeness (QED) is 0.623. The first kappa shape index (κ1) is 14.4. The summed E-state index contributed by atoms with van der Waals surface area (Å²) >= 11 is 6.96. The molecule has 1 atom stereocenters. The van der Waals surface area contributed by atoms with Crippen LogP contribution in [0.15, 0.2) is 39.5 Å². The van der Waals surface area contributed by atoms with Crippen molar-refractivity contribution in [2.75, 3.05) is 7.11 Å². The largest absolute Gasteiger partial charge is 0.480 e. The molecule has 3 N–H and O–H groups in total. The summed E-state index contributed by atoms with van der Waals surface area (Å²) in [5, 5.41) is 0. The van der Waals surface area contributed by atoms with Gasteiger partial charge in [-0.1, -0.05) is 31.9 Å². The van der Waals surface area contributed by atoms with Crippen LogP contribution in [0, 0.1) is 0 Å². The number of nitrogens with one attached hydrogen (secondary N) is 1. The fourth-order valence-corrected chi connectivity index (χ4v) is 2.60. The van der Waals surface area contributed by atoms with Crippen LogP contribution in [0.1, 0.15) is 17.3 Å². The van der Waals surface area contributed by atoms with Gasteiger partial charge in [0.05, 0.1) is 13.2 Å². The van der Waals surface area contributed by atoms with Crippen molar-refractivity contribution < 1.29 is 4.74 Å². The summed E-state index contributed by atoms with van der Waals surface area (Å²) in [4.78, 5) is 8.44. The molecule has 2 aromatic rings. The van der Waals surface area contributed by atoms with E-state index in [9.17, 15) is 0 Å². The minimum atomic E-state index is -0.324. The van der Waals surface area contributed by atoms with Crippen LogP contribution < -0.4 is 16.0 Å². The Morgan fingerprint density at radius 3 is 2.68 bits per heavy atom. The molecule has 1 unspecified atom stereocenters. The topological polar surface area (TPSA) is 73.1 Å². The normalized spacial score (nSPS) is 12.2. The summed E-state index contributed by atoms with van der Waals surface area (Å²) in [6, 6.07) is 5.51. The monoisotopic (exact) mass is 386 g/mol. The highest BCUT2D eigenvalue weighted by atomic mass is 79.9. The lowest BCUT2D eigenvalue weighted by Crippen LogP contribution is -2.30. The first-order valence-electron chi connectivity index (χ1n) is 5.43. The Morgan fingerprint density at radius 1 is 1.26 bits per heavy atom. The average molecular weight is 388 g/mol. The fourth-order valence-electron chi connectivity index (χ4n) is 1.74. The van der Waals surface area contributed by atoms with Gasteiger partial charge in [-0.3, -0.25) is 10.8 Å². The minimum Gasteiger partial charge on any atom is -0.480 e. The molecule has 2 rings (SSSR count). The molecule has 0 saturated heterocycles. The van der Waals surface area contributed by atoms with Crippen molar-refractivity contribution in [1.29, 1.82) is 0 Å². The van der Waals surface area contributed by atoms with Crippen LogP contribution in [0.2, 0.25) is 0 Å². The van der Waals surface area contributed by atoms with E-state index < -0.39 is 0 Å². The molecule has 1 aromatic heterocycles. The second kappa shape index (κ2) is 6.42. The molecule has 1 aromatic carbocycles.